The Balaban J connectivity index is 1.49. The fourth-order valence-corrected chi connectivity index (χ4v) is 4.35. The highest BCUT2D eigenvalue weighted by atomic mass is 32.1. The fourth-order valence-electron chi connectivity index (χ4n) is 3.69. The molecular formula is C16H22N2O2S. The van der Waals surface area contributed by atoms with Crippen molar-refractivity contribution in [3.8, 4) is 0 Å². The molecule has 0 unspecified atom stereocenters. The number of thiophene rings is 1. The van der Waals surface area contributed by atoms with Crippen LogP contribution in [0.2, 0.25) is 0 Å². The molecule has 3 aliphatic rings. The van der Waals surface area contributed by atoms with Crippen LogP contribution >= 0.6 is 11.3 Å². The zero-order chi connectivity index (χ0) is 14.3. The van der Waals surface area contributed by atoms with Crippen LogP contribution in [0.25, 0.3) is 0 Å². The van der Waals surface area contributed by atoms with E-state index in [0.717, 1.165) is 51.9 Å². The van der Waals surface area contributed by atoms with Crippen LogP contribution in [0.1, 0.15) is 31.2 Å². The summed E-state index contributed by atoms with van der Waals surface area (Å²) in [6.45, 7) is 3.55. The van der Waals surface area contributed by atoms with E-state index in [2.05, 4.69) is 27.0 Å². The molecule has 1 aromatic rings. The number of hydrogen-bond donors (Lipinski definition) is 1. The van der Waals surface area contributed by atoms with Gasteiger partial charge in [-0.3, -0.25) is 9.69 Å². The van der Waals surface area contributed by atoms with Crippen LogP contribution in [0, 0.1) is 5.41 Å². The Morgan fingerprint density at radius 3 is 3.14 bits per heavy atom. The smallest absolute Gasteiger partial charge is 0.230 e. The van der Waals surface area contributed by atoms with Gasteiger partial charge in [0.15, 0.2) is 0 Å². The van der Waals surface area contributed by atoms with Crippen molar-refractivity contribution in [1.29, 1.82) is 0 Å². The van der Waals surface area contributed by atoms with Crippen molar-refractivity contribution in [3.63, 3.8) is 0 Å². The van der Waals surface area contributed by atoms with Crippen LogP contribution in [-0.4, -0.2) is 42.6 Å². The van der Waals surface area contributed by atoms with Crippen molar-refractivity contribution >= 4 is 17.2 Å². The largest absolute Gasteiger partial charge is 0.377 e. The van der Waals surface area contributed by atoms with Crippen molar-refractivity contribution in [2.45, 2.75) is 44.4 Å². The van der Waals surface area contributed by atoms with Crippen molar-refractivity contribution in [2.24, 2.45) is 5.41 Å². The molecule has 0 spiro atoms. The highest BCUT2D eigenvalue weighted by Crippen LogP contribution is 2.42. The lowest BCUT2D eigenvalue weighted by Gasteiger charge is -2.42. The number of carbonyl (C=O) groups excluding carboxylic acids is 1. The van der Waals surface area contributed by atoms with Gasteiger partial charge in [-0.2, -0.15) is 11.3 Å². The maximum Gasteiger partial charge on any atom is 0.230 e. The highest BCUT2D eigenvalue weighted by molar-refractivity contribution is 7.07. The third-order valence-corrected chi connectivity index (χ3v) is 5.78. The maximum atomic E-state index is 12.8. The molecule has 0 radical (unpaired) electrons. The molecule has 2 aliphatic heterocycles. The Kier molecular flexibility index (Phi) is 3.52. The van der Waals surface area contributed by atoms with Gasteiger partial charge in [-0.15, -0.1) is 0 Å². The zero-order valence-corrected chi connectivity index (χ0v) is 13.0. The number of hydrogen-bond acceptors (Lipinski definition) is 4. The predicted molar refractivity (Wildman–Crippen MR) is 82.2 cm³/mol. The van der Waals surface area contributed by atoms with Crippen molar-refractivity contribution < 1.29 is 9.53 Å². The Morgan fingerprint density at radius 2 is 2.38 bits per heavy atom. The van der Waals surface area contributed by atoms with E-state index in [1.54, 1.807) is 11.3 Å². The predicted octanol–water partition coefficient (Wildman–Crippen LogP) is 2.01. The summed E-state index contributed by atoms with van der Waals surface area (Å²) in [7, 11) is 0. The standard InChI is InChI=1S/C16H22N2O2S/c19-15(17-13-1-2-13)16-5-7-20-14(16)3-6-18(11-16)9-12-4-8-21-10-12/h4,8,10,13-14H,1-3,5-7,9,11H2,(H,17,19)/t14-,16-/m0/s1. The zero-order valence-electron chi connectivity index (χ0n) is 12.2. The molecule has 2 saturated heterocycles. The van der Waals surface area contributed by atoms with Crippen LogP contribution < -0.4 is 5.32 Å². The van der Waals surface area contributed by atoms with Crippen LogP contribution in [0.5, 0.6) is 0 Å². The van der Waals surface area contributed by atoms with Crippen molar-refractivity contribution in [3.05, 3.63) is 22.4 Å². The number of nitrogens with zero attached hydrogens (tertiary/aromatic N) is 1. The molecule has 1 saturated carbocycles. The number of likely N-dealkylation sites (tertiary alicyclic amines) is 1. The SMILES string of the molecule is O=C(NC1CC1)[C@]12CCO[C@H]1CCN(Cc1ccsc1)C2. The molecular weight excluding hydrogens is 284 g/mol. The molecule has 5 heteroatoms. The van der Waals surface area contributed by atoms with Gasteiger partial charge in [0, 0.05) is 32.3 Å². The normalized spacial score (nSPS) is 32.9. The summed E-state index contributed by atoms with van der Waals surface area (Å²) in [4.78, 5) is 15.2. The molecule has 3 heterocycles. The first-order valence-corrected chi connectivity index (χ1v) is 8.86. The monoisotopic (exact) mass is 306 g/mol. The highest BCUT2D eigenvalue weighted by Gasteiger charge is 2.53. The van der Waals surface area contributed by atoms with Gasteiger partial charge in [0.25, 0.3) is 0 Å². The summed E-state index contributed by atoms with van der Waals surface area (Å²) in [5.74, 6) is 0.238. The molecule has 1 aromatic heterocycles. The number of ether oxygens (including phenoxy) is 1. The number of piperidine rings is 1. The number of rotatable bonds is 4. The van der Waals surface area contributed by atoms with E-state index in [-0.39, 0.29) is 17.4 Å². The second-order valence-corrected chi connectivity index (χ2v) is 7.42. The first kappa shape index (κ1) is 13.7. The van der Waals surface area contributed by atoms with Gasteiger partial charge in [0.05, 0.1) is 11.5 Å². The molecule has 2 atom stereocenters. The van der Waals surface area contributed by atoms with Crippen LogP contribution in [0.4, 0.5) is 0 Å². The molecule has 3 fully saturated rings. The summed E-state index contributed by atoms with van der Waals surface area (Å²) < 4.78 is 5.88. The van der Waals surface area contributed by atoms with Crippen LogP contribution in [-0.2, 0) is 16.1 Å². The van der Waals surface area contributed by atoms with Crippen molar-refractivity contribution in [2.75, 3.05) is 19.7 Å². The molecule has 4 nitrogen and oxygen atoms in total. The van der Waals surface area contributed by atoms with Crippen LogP contribution in [0.15, 0.2) is 16.8 Å². The quantitative estimate of drug-likeness (QED) is 0.925. The Bertz CT molecular complexity index is 514. The van der Waals surface area contributed by atoms with E-state index in [9.17, 15) is 4.79 Å². The molecule has 1 N–H and O–H groups in total. The number of carbonyl (C=O) groups is 1. The van der Waals surface area contributed by atoms with E-state index < -0.39 is 0 Å². The minimum atomic E-state index is -0.309. The summed E-state index contributed by atoms with van der Waals surface area (Å²) >= 11 is 1.74. The lowest BCUT2D eigenvalue weighted by atomic mass is 9.75. The lowest BCUT2D eigenvalue weighted by Crippen LogP contribution is -2.57. The minimum absolute atomic E-state index is 0.120. The van der Waals surface area contributed by atoms with E-state index in [0.29, 0.717) is 6.04 Å². The first-order chi connectivity index (χ1) is 10.3. The molecule has 4 rings (SSSR count). The second-order valence-electron chi connectivity index (χ2n) is 6.64. The third-order valence-electron chi connectivity index (χ3n) is 5.05. The van der Waals surface area contributed by atoms with E-state index in [1.807, 2.05) is 0 Å². The number of amides is 1. The van der Waals surface area contributed by atoms with Crippen molar-refractivity contribution in [1.82, 2.24) is 10.2 Å². The molecule has 0 bridgehead atoms. The number of nitrogens with one attached hydrogen (secondary N) is 1. The van der Waals surface area contributed by atoms with E-state index in [4.69, 9.17) is 4.74 Å². The van der Waals surface area contributed by atoms with E-state index >= 15 is 0 Å². The Morgan fingerprint density at radius 1 is 1.48 bits per heavy atom. The van der Waals surface area contributed by atoms with Gasteiger partial charge in [-0.1, -0.05) is 0 Å². The third kappa shape index (κ3) is 2.62. The summed E-state index contributed by atoms with van der Waals surface area (Å²) in [5, 5.41) is 7.55. The average Bonchev–Trinajstić information content (AvgIpc) is 3.00. The fraction of sp³-hybridized carbons (Fsp3) is 0.688. The maximum absolute atomic E-state index is 12.8. The van der Waals surface area contributed by atoms with Crippen LogP contribution in [0.3, 0.4) is 0 Å². The molecule has 1 aliphatic carbocycles. The van der Waals surface area contributed by atoms with Gasteiger partial charge in [0.2, 0.25) is 5.91 Å². The molecule has 114 valence electrons. The molecule has 0 aromatic carbocycles. The Hall–Kier alpha value is -0.910. The summed E-state index contributed by atoms with van der Waals surface area (Å²) in [6, 6.07) is 2.61. The second kappa shape index (κ2) is 5.38. The topological polar surface area (TPSA) is 41.6 Å². The average molecular weight is 306 g/mol. The number of fused-ring (bicyclic) bond motifs is 1. The molecule has 21 heavy (non-hydrogen) atoms. The first-order valence-electron chi connectivity index (χ1n) is 7.92. The Labute approximate surface area is 129 Å². The van der Waals surface area contributed by atoms with Gasteiger partial charge in [-0.25, -0.2) is 0 Å². The van der Waals surface area contributed by atoms with Gasteiger partial charge in [-0.05, 0) is 48.1 Å². The molecule has 1 amide bonds. The van der Waals surface area contributed by atoms with E-state index in [1.165, 1.54) is 5.56 Å². The summed E-state index contributed by atoms with van der Waals surface area (Å²) in [6.07, 6.45) is 4.26. The lowest BCUT2D eigenvalue weighted by molar-refractivity contribution is -0.139. The van der Waals surface area contributed by atoms with Gasteiger partial charge >= 0.3 is 0 Å². The summed E-state index contributed by atoms with van der Waals surface area (Å²) in [5.41, 5.74) is 1.05. The minimum Gasteiger partial charge on any atom is -0.377 e. The van der Waals surface area contributed by atoms with Gasteiger partial charge in [0.1, 0.15) is 0 Å². The van der Waals surface area contributed by atoms with Gasteiger partial charge < -0.3 is 10.1 Å².